The van der Waals surface area contributed by atoms with Crippen LogP contribution in [0, 0.1) is 5.92 Å². The third kappa shape index (κ3) is 29.7. The molecule has 2 aromatic rings. The van der Waals surface area contributed by atoms with Crippen LogP contribution in [0.1, 0.15) is 153 Å². The number of alkyl carbamates (subject to hydrolysis) is 1. The van der Waals surface area contributed by atoms with Crippen molar-refractivity contribution in [3.05, 3.63) is 59.7 Å². The molecule has 25 nitrogen and oxygen atoms in total. The molecule has 0 heterocycles. The second-order valence-electron chi connectivity index (χ2n) is 25.4. The topological polar surface area (TPSA) is 326 Å². The first-order valence-electron chi connectivity index (χ1n) is 29.8. The second kappa shape index (κ2) is 35.7. The Bertz CT molecular complexity index is 2610. The van der Waals surface area contributed by atoms with E-state index in [4.69, 9.17) is 42.6 Å². The highest BCUT2D eigenvalue weighted by Crippen LogP contribution is 2.44. The maximum atomic E-state index is 14.5. The summed E-state index contributed by atoms with van der Waals surface area (Å²) in [5.41, 5.74) is 0.342. The Balaban J connectivity index is 1.69. The van der Waals surface area contributed by atoms with Crippen LogP contribution < -0.4 is 31.9 Å². The largest absolute Gasteiger partial charge is 0.460 e. The smallest absolute Gasteiger partial charge is 0.407 e. The lowest BCUT2D eigenvalue weighted by Crippen LogP contribution is -2.60. The Morgan fingerprint density at radius 1 is 0.432 bits per heavy atom. The lowest BCUT2D eigenvalue weighted by molar-refractivity contribution is -0.157. The summed E-state index contributed by atoms with van der Waals surface area (Å²) in [7, 11) is 0. The number of benzene rings is 2. The van der Waals surface area contributed by atoms with Crippen LogP contribution in [0.2, 0.25) is 0 Å². The fraction of sp³-hybridized carbons (Fsp3) is 0.651. The summed E-state index contributed by atoms with van der Waals surface area (Å²) in [6.07, 6.45) is -3.15. The molecule has 492 valence electrons. The van der Waals surface area contributed by atoms with E-state index in [2.05, 4.69) is 31.9 Å². The Hall–Kier alpha value is -7.22. The maximum absolute atomic E-state index is 14.5. The van der Waals surface area contributed by atoms with Gasteiger partial charge in [0.2, 0.25) is 29.5 Å². The number of carbonyl (C=O) groups is 10. The van der Waals surface area contributed by atoms with Gasteiger partial charge in [0.05, 0.1) is 72.1 Å². The van der Waals surface area contributed by atoms with E-state index in [9.17, 15) is 47.9 Å². The quantitative estimate of drug-likeness (QED) is 0.0300. The highest BCUT2D eigenvalue weighted by atomic mass is 16.6. The van der Waals surface area contributed by atoms with Crippen LogP contribution in [-0.2, 0) is 85.8 Å². The summed E-state index contributed by atoms with van der Waals surface area (Å²) in [6.45, 7) is 26.4. The van der Waals surface area contributed by atoms with E-state index in [1.165, 1.54) is 6.92 Å². The van der Waals surface area contributed by atoms with Gasteiger partial charge < -0.3 is 74.5 Å². The molecule has 3 rings (SSSR count). The van der Waals surface area contributed by atoms with Gasteiger partial charge >= 0.3 is 30.0 Å². The van der Waals surface area contributed by atoms with E-state index >= 15 is 0 Å². The van der Waals surface area contributed by atoms with Gasteiger partial charge in [-0.05, 0) is 125 Å². The van der Waals surface area contributed by atoms with Crippen LogP contribution in [0.4, 0.5) is 4.79 Å². The number of amides is 6. The number of nitrogens with one attached hydrogen (secondary N) is 6. The maximum Gasteiger partial charge on any atom is 0.407 e. The average molecular weight is 1240 g/mol. The summed E-state index contributed by atoms with van der Waals surface area (Å²) >= 11 is 0. The number of hydrogen-bond acceptors (Lipinski definition) is 19. The highest BCUT2D eigenvalue weighted by Gasteiger charge is 2.37. The standard InChI is InChI=1S/C63H96N6O19/c1-39(2)53(58(78)67-47(36-51(72)87-62(10,11)12)56(76)65-40(3)54(74)64-27-29-81-31-33-83-35-34-82-32-30-80-28-26-50(71)86-61(7,8)9)69-55(75)46(24-25-49(70)85-60(4,5)6)66-57(77)48(37-52(73)88-63(13,14)15)68-59(79)84-38-45-43-22-18-16-20-41(43)42-21-17-19-23-44(42)45/h16-23,39-40,45-48,53H,24-38H2,1-15H3,(H,64,74)(H,65,76)(H,66,77)(H,67,78)(H,68,79)(H,69,75)/t40-,46-,47-,48-,53-/m0/s1. The first-order valence-corrected chi connectivity index (χ1v) is 29.8. The molecule has 0 saturated carbocycles. The molecule has 0 fully saturated rings. The van der Waals surface area contributed by atoms with E-state index < -0.39 is 138 Å². The van der Waals surface area contributed by atoms with E-state index in [0.717, 1.165) is 22.3 Å². The Labute approximate surface area is 517 Å². The molecule has 0 radical (unpaired) electrons. The molecule has 6 amide bonds. The molecular weight excluding hydrogens is 1140 g/mol. The molecule has 5 atom stereocenters. The third-order valence-electron chi connectivity index (χ3n) is 12.4. The fourth-order valence-electron chi connectivity index (χ4n) is 8.64. The van der Waals surface area contributed by atoms with Crippen LogP contribution in [0.25, 0.3) is 11.1 Å². The van der Waals surface area contributed by atoms with Crippen molar-refractivity contribution in [3.63, 3.8) is 0 Å². The first kappa shape index (κ1) is 75.0. The van der Waals surface area contributed by atoms with Gasteiger partial charge in [0, 0.05) is 18.9 Å². The van der Waals surface area contributed by atoms with Gasteiger partial charge in [-0.2, -0.15) is 0 Å². The number of hydrogen-bond donors (Lipinski definition) is 6. The number of fused-ring (bicyclic) bond motifs is 3. The molecule has 0 spiro atoms. The predicted molar refractivity (Wildman–Crippen MR) is 323 cm³/mol. The van der Waals surface area contributed by atoms with Gasteiger partial charge in [-0.15, -0.1) is 0 Å². The second-order valence-corrected chi connectivity index (χ2v) is 25.4. The van der Waals surface area contributed by atoms with Crippen LogP contribution in [0.5, 0.6) is 0 Å². The molecular formula is C63H96N6O19. The van der Waals surface area contributed by atoms with Gasteiger partial charge in [-0.1, -0.05) is 62.4 Å². The Morgan fingerprint density at radius 2 is 0.830 bits per heavy atom. The molecule has 1 aliphatic rings. The normalized spacial score (nSPS) is 14.1. The molecule has 88 heavy (non-hydrogen) atoms. The van der Waals surface area contributed by atoms with Crippen molar-refractivity contribution in [1.29, 1.82) is 0 Å². The van der Waals surface area contributed by atoms with E-state index in [1.807, 2.05) is 48.5 Å². The highest BCUT2D eigenvalue weighted by molar-refractivity contribution is 5.98. The molecule has 0 bridgehead atoms. The van der Waals surface area contributed by atoms with Gasteiger partial charge in [0.15, 0.2) is 0 Å². The molecule has 0 saturated heterocycles. The molecule has 0 aliphatic heterocycles. The number of carbonyl (C=O) groups excluding carboxylic acids is 10. The summed E-state index contributed by atoms with van der Waals surface area (Å²) < 4.78 is 49.3. The monoisotopic (exact) mass is 1240 g/mol. The van der Waals surface area contributed by atoms with Gasteiger partial charge in [-0.3, -0.25) is 43.2 Å². The molecule has 0 aromatic heterocycles. The van der Waals surface area contributed by atoms with Gasteiger partial charge in [0.25, 0.3) is 0 Å². The van der Waals surface area contributed by atoms with Crippen LogP contribution in [0.3, 0.4) is 0 Å². The molecule has 2 aromatic carbocycles. The van der Waals surface area contributed by atoms with E-state index in [0.29, 0.717) is 26.4 Å². The first-order chi connectivity index (χ1) is 41.0. The minimum atomic E-state index is -1.69. The SMILES string of the molecule is CC(C)[C@H](NC(=O)[C@H](CCC(=O)OC(C)(C)C)NC(=O)[C@H](CC(=O)OC(C)(C)C)NC(=O)OCC1c2ccccc2-c2ccccc21)C(=O)N[C@@H](CC(=O)OC(C)(C)C)C(=O)N[C@@H](C)C(=O)NCCOCCOCCOCCOCCC(=O)OC(C)(C)C. The zero-order chi connectivity index (χ0) is 66.0. The van der Waals surface area contributed by atoms with Crippen molar-refractivity contribution in [2.45, 2.75) is 194 Å². The molecule has 1 aliphatic carbocycles. The predicted octanol–water partition coefficient (Wildman–Crippen LogP) is 5.01. The van der Waals surface area contributed by atoms with Crippen LogP contribution in [-0.4, -0.2) is 178 Å². The number of esters is 4. The Kier molecular flexibility index (Phi) is 30.4. The summed E-state index contributed by atoms with van der Waals surface area (Å²) in [5.74, 6) is -8.44. The van der Waals surface area contributed by atoms with Gasteiger partial charge in [0.1, 0.15) is 59.2 Å². The minimum absolute atomic E-state index is 0.0582. The summed E-state index contributed by atoms with van der Waals surface area (Å²) in [5, 5.41) is 15.3. The molecule has 25 heteroatoms. The third-order valence-corrected chi connectivity index (χ3v) is 12.4. The van der Waals surface area contributed by atoms with Crippen LogP contribution >= 0.6 is 0 Å². The average Bonchev–Trinajstić information content (AvgIpc) is 3.06. The molecule has 6 N–H and O–H groups in total. The zero-order valence-electron chi connectivity index (χ0n) is 54.0. The minimum Gasteiger partial charge on any atom is -0.460 e. The van der Waals surface area contributed by atoms with Crippen LogP contribution in [0.15, 0.2) is 48.5 Å². The zero-order valence-corrected chi connectivity index (χ0v) is 54.0. The van der Waals surface area contributed by atoms with E-state index in [-0.39, 0.29) is 57.9 Å². The summed E-state index contributed by atoms with van der Waals surface area (Å²) in [4.78, 5) is 135. The Morgan fingerprint density at radius 3 is 1.31 bits per heavy atom. The van der Waals surface area contributed by atoms with E-state index in [1.54, 1.807) is 96.9 Å². The number of ether oxygens (including phenoxy) is 9. The number of rotatable bonds is 35. The van der Waals surface area contributed by atoms with Crippen molar-refractivity contribution in [3.8, 4) is 11.1 Å². The fourth-order valence-corrected chi connectivity index (χ4v) is 8.64. The van der Waals surface area contributed by atoms with Gasteiger partial charge in [-0.25, -0.2) is 4.79 Å². The molecule has 0 unspecified atom stereocenters. The van der Waals surface area contributed by atoms with Crippen molar-refractivity contribution in [1.82, 2.24) is 31.9 Å². The van der Waals surface area contributed by atoms with Crippen molar-refractivity contribution in [2.75, 3.05) is 66.0 Å². The lowest BCUT2D eigenvalue weighted by Gasteiger charge is -2.29. The summed E-state index contributed by atoms with van der Waals surface area (Å²) in [6, 6.07) is 7.76. The van der Waals surface area contributed by atoms with Crippen molar-refractivity contribution in [2.24, 2.45) is 5.92 Å². The van der Waals surface area contributed by atoms with Crippen molar-refractivity contribution >= 4 is 59.5 Å². The lowest BCUT2D eigenvalue weighted by atomic mass is 9.98. The van der Waals surface area contributed by atoms with Crippen molar-refractivity contribution < 1.29 is 90.6 Å².